The number of nitrogens with zero attached hydrogens (tertiary/aromatic N) is 1. The first-order valence-corrected chi connectivity index (χ1v) is 9.09. The van der Waals surface area contributed by atoms with E-state index in [0.29, 0.717) is 22.9 Å². The molecule has 0 aromatic heterocycles. The second kappa shape index (κ2) is 6.12. The average molecular weight is 377 g/mol. The van der Waals surface area contributed by atoms with Crippen LogP contribution in [0.4, 0.5) is 5.69 Å². The van der Waals surface area contributed by atoms with Crippen LogP contribution in [-0.4, -0.2) is 36.4 Å². The van der Waals surface area contributed by atoms with Crippen LogP contribution in [0.5, 0.6) is 0 Å². The molecule has 4 rings (SSSR count). The Hall–Kier alpha value is -2.77. The van der Waals surface area contributed by atoms with Gasteiger partial charge in [0.15, 0.2) is 6.29 Å². The molecule has 2 aromatic carbocycles. The number of aldehydes is 1. The van der Waals surface area contributed by atoms with Crippen molar-refractivity contribution in [2.45, 2.75) is 38.9 Å². The van der Waals surface area contributed by atoms with E-state index in [1.165, 1.54) is 0 Å². The quantitative estimate of drug-likeness (QED) is 0.467. The van der Waals surface area contributed by atoms with Gasteiger partial charge in [-0.25, -0.2) is 4.90 Å². The summed E-state index contributed by atoms with van der Waals surface area (Å²) in [6.07, 6.45) is 0.633. The van der Waals surface area contributed by atoms with Gasteiger partial charge in [-0.05, 0) is 57.4 Å². The number of imide groups is 1. The topological polar surface area (TPSA) is 72.9 Å². The number of carbonyl (C=O) groups excluding carboxylic acids is 3. The highest BCUT2D eigenvalue weighted by molar-refractivity contribution is 6.62. The minimum Gasteiger partial charge on any atom is -0.399 e. The average Bonchev–Trinajstić information content (AvgIpc) is 3.04. The van der Waals surface area contributed by atoms with Gasteiger partial charge in [-0.15, -0.1) is 0 Å². The molecule has 0 N–H and O–H groups in total. The smallest absolute Gasteiger partial charge is 0.399 e. The first kappa shape index (κ1) is 18.6. The number of benzene rings is 2. The third-order valence-electron chi connectivity index (χ3n) is 5.74. The van der Waals surface area contributed by atoms with E-state index in [9.17, 15) is 14.4 Å². The van der Waals surface area contributed by atoms with Crippen LogP contribution in [0.25, 0.3) is 0 Å². The number of rotatable bonds is 3. The Morgan fingerprint density at radius 1 is 0.893 bits per heavy atom. The van der Waals surface area contributed by atoms with Gasteiger partial charge in [-0.1, -0.05) is 18.2 Å². The summed E-state index contributed by atoms with van der Waals surface area (Å²) < 4.78 is 12.0. The van der Waals surface area contributed by atoms with E-state index in [4.69, 9.17) is 9.31 Å². The molecule has 2 heterocycles. The Balaban J connectivity index is 1.71. The van der Waals surface area contributed by atoms with Gasteiger partial charge in [0, 0.05) is 5.56 Å². The number of fused-ring (bicyclic) bond motifs is 1. The van der Waals surface area contributed by atoms with Gasteiger partial charge in [-0.2, -0.15) is 0 Å². The molecule has 2 aliphatic rings. The lowest BCUT2D eigenvalue weighted by molar-refractivity contribution is 0.00578. The maximum atomic E-state index is 12.7. The number of amides is 2. The fourth-order valence-corrected chi connectivity index (χ4v) is 3.40. The van der Waals surface area contributed by atoms with Crippen LogP contribution in [0.1, 0.15) is 58.8 Å². The summed E-state index contributed by atoms with van der Waals surface area (Å²) in [6.45, 7) is 7.78. The van der Waals surface area contributed by atoms with Crippen molar-refractivity contribution >= 4 is 36.4 Å². The van der Waals surface area contributed by atoms with Crippen LogP contribution in [0.2, 0.25) is 0 Å². The molecule has 28 heavy (non-hydrogen) atoms. The van der Waals surface area contributed by atoms with Crippen LogP contribution < -0.4 is 10.4 Å². The van der Waals surface area contributed by atoms with Crippen LogP contribution >= 0.6 is 0 Å². The van der Waals surface area contributed by atoms with E-state index < -0.39 is 30.1 Å². The number of hydrogen-bond acceptors (Lipinski definition) is 5. The number of carbonyl (C=O) groups is 3. The fraction of sp³-hybridized carbons (Fsp3) is 0.286. The highest BCUT2D eigenvalue weighted by Gasteiger charge is 2.52. The highest BCUT2D eigenvalue weighted by Crippen LogP contribution is 2.37. The van der Waals surface area contributed by atoms with Gasteiger partial charge in [0.1, 0.15) is 0 Å². The lowest BCUT2D eigenvalue weighted by atomic mass is 9.78. The molecule has 142 valence electrons. The molecule has 2 aromatic rings. The first-order chi connectivity index (χ1) is 13.2. The van der Waals surface area contributed by atoms with Crippen LogP contribution in [0.15, 0.2) is 42.5 Å². The molecule has 2 aliphatic heterocycles. The van der Waals surface area contributed by atoms with Crippen molar-refractivity contribution in [3.63, 3.8) is 0 Å². The van der Waals surface area contributed by atoms with E-state index >= 15 is 0 Å². The van der Waals surface area contributed by atoms with Gasteiger partial charge in [0.25, 0.3) is 11.8 Å². The summed E-state index contributed by atoms with van der Waals surface area (Å²) in [7, 11) is -0.639. The predicted molar refractivity (Wildman–Crippen MR) is 105 cm³/mol. The molecule has 6 nitrogen and oxygen atoms in total. The van der Waals surface area contributed by atoms with Gasteiger partial charge in [-0.3, -0.25) is 14.4 Å². The number of anilines is 1. The summed E-state index contributed by atoms with van der Waals surface area (Å²) >= 11 is 0. The third kappa shape index (κ3) is 2.62. The molecule has 0 spiro atoms. The zero-order chi connectivity index (χ0) is 20.3. The minimum absolute atomic E-state index is 0.224. The van der Waals surface area contributed by atoms with E-state index in [2.05, 4.69) is 0 Å². The molecule has 7 heteroatoms. The van der Waals surface area contributed by atoms with Gasteiger partial charge in [0.05, 0.1) is 28.0 Å². The first-order valence-electron chi connectivity index (χ1n) is 9.09. The summed E-state index contributed by atoms with van der Waals surface area (Å²) in [5.41, 5.74) is 0.767. The summed E-state index contributed by atoms with van der Waals surface area (Å²) in [4.78, 5) is 38.3. The zero-order valence-corrected chi connectivity index (χ0v) is 16.2. The zero-order valence-electron chi connectivity index (χ0n) is 16.2. The monoisotopic (exact) mass is 377 g/mol. The van der Waals surface area contributed by atoms with Crippen molar-refractivity contribution in [1.29, 1.82) is 0 Å². The molecular formula is C21H20BNO5. The van der Waals surface area contributed by atoms with Crippen molar-refractivity contribution in [2.75, 3.05) is 4.90 Å². The van der Waals surface area contributed by atoms with Crippen LogP contribution in [0.3, 0.4) is 0 Å². The lowest BCUT2D eigenvalue weighted by Crippen LogP contribution is -2.41. The fourth-order valence-electron chi connectivity index (χ4n) is 3.40. The molecule has 1 fully saturated rings. The Bertz CT molecular complexity index is 963. The Kier molecular flexibility index (Phi) is 4.06. The third-order valence-corrected chi connectivity index (χ3v) is 5.74. The second-order valence-corrected chi connectivity index (χ2v) is 8.02. The van der Waals surface area contributed by atoms with Crippen LogP contribution in [0, 0.1) is 0 Å². The van der Waals surface area contributed by atoms with Gasteiger partial charge >= 0.3 is 7.12 Å². The van der Waals surface area contributed by atoms with Gasteiger partial charge < -0.3 is 9.31 Å². The van der Waals surface area contributed by atoms with Crippen LogP contribution in [-0.2, 0) is 9.31 Å². The standard InChI is InChI=1S/C21H20BNO5/c1-20(2)21(3,4)28-22(27-20)14-9-10-17(13(11-14)12-24)23-18(25)15-7-5-6-8-16(15)19(23)26/h5-12H,1-4H3. The van der Waals surface area contributed by atoms with Gasteiger partial charge in [0.2, 0.25) is 0 Å². The number of hydrogen-bond donors (Lipinski definition) is 0. The Labute approximate surface area is 163 Å². The largest absolute Gasteiger partial charge is 0.494 e. The van der Waals surface area contributed by atoms with Crippen molar-refractivity contribution in [1.82, 2.24) is 0 Å². The Morgan fingerprint density at radius 2 is 1.43 bits per heavy atom. The molecule has 0 saturated carbocycles. The van der Waals surface area contributed by atoms with Crippen molar-refractivity contribution in [3.8, 4) is 0 Å². The Morgan fingerprint density at radius 3 is 1.93 bits per heavy atom. The van der Waals surface area contributed by atoms with Crippen molar-refractivity contribution in [3.05, 3.63) is 59.2 Å². The van der Waals surface area contributed by atoms with E-state index in [0.717, 1.165) is 4.90 Å². The summed E-state index contributed by atoms with van der Waals surface area (Å²) in [5, 5.41) is 0. The SMILES string of the molecule is CC1(C)OB(c2ccc(N3C(=O)c4ccccc4C3=O)c(C=O)c2)OC1(C)C. The maximum Gasteiger partial charge on any atom is 0.494 e. The van der Waals surface area contributed by atoms with Crippen molar-refractivity contribution < 1.29 is 23.7 Å². The molecule has 2 amide bonds. The highest BCUT2D eigenvalue weighted by atomic mass is 16.7. The molecule has 0 radical (unpaired) electrons. The molecule has 1 saturated heterocycles. The lowest BCUT2D eigenvalue weighted by Gasteiger charge is -2.32. The van der Waals surface area contributed by atoms with E-state index in [1.807, 2.05) is 27.7 Å². The van der Waals surface area contributed by atoms with E-state index in [1.54, 1.807) is 42.5 Å². The maximum absolute atomic E-state index is 12.7. The molecule has 0 bridgehead atoms. The predicted octanol–water partition coefficient (Wildman–Crippen LogP) is 2.60. The molecular weight excluding hydrogens is 357 g/mol. The summed E-state index contributed by atoms with van der Waals surface area (Å²) in [6, 6.07) is 11.5. The molecule has 0 unspecified atom stereocenters. The van der Waals surface area contributed by atoms with E-state index in [-0.39, 0.29) is 11.3 Å². The molecule has 0 aliphatic carbocycles. The van der Waals surface area contributed by atoms with Crippen molar-refractivity contribution in [2.24, 2.45) is 0 Å². The summed E-state index contributed by atoms with van der Waals surface area (Å²) in [5.74, 6) is -0.876. The second-order valence-electron chi connectivity index (χ2n) is 8.02. The normalized spacial score (nSPS) is 19.9. The molecule has 0 atom stereocenters. The minimum atomic E-state index is -0.639.